The Hall–Kier alpha value is -3.16. The lowest BCUT2D eigenvalue weighted by Crippen LogP contribution is -2.47. The van der Waals surface area contributed by atoms with Gasteiger partial charge in [0, 0.05) is 11.4 Å². The molecule has 2 aromatic rings. The summed E-state index contributed by atoms with van der Waals surface area (Å²) in [6, 6.07) is 7.89. The lowest BCUT2D eigenvalue weighted by molar-refractivity contribution is -0.145. The van der Waals surface area contributed by atoms with Crippen LogP contribution in [0, 0.1) is 5.92 Å². The second-order valence-corrected chi connectivity index (χ2v) is 8.15. The number of imide groups is 2. The lowest BCUT2D eigenvalue weighted by Gasteiger charge is -2.34. The summed E-state index contributed by atoms with van der Waals surface area (Å²) >= 11 is 0. The number of fused-ring (bicyclic) bond motifs is 1. The Kier molecular flexibility index (Phi) is 5.32. The van der Waals surface area contributed by atoms with Crippen molar-refractivity contribution >= 4 is 34.7 Å². The molecule has 30 heavy (non-hydrogen) atoms. The number of urea groups is 1. The molecule has 0 unspecified atom stereocenters. The van der Waals surface area contributed by atoms with Crippen LogP contribution in [0.15, 0.2) is 34.7 Å². The summed E-state index contributed by atoms with van der Waals surface area (Å²) in [5.41, 5.74) is 0.710. The zero-order valence-corrected chi connectivity index (χ0v) is 17.1. The maximum Gasteiger partial charge on any atom is 0.334 e. The fourth-order valence-electron chi connectivity index (χ4n) is 4.35. The molecule has 158 valence electrons. The van der Waals surface area contributed by atoms with Gasteiger partial charge >= 0.3 is 17.8 Å². The van der Waals surface area contributed by atoms with Crippen molar-refractivity contribution in [2.75, 3.05) is 6.54 Å². The zero-order chi connectivity index (χ0) is 21.4. The van der Waals surface area contributed by atoms with E-state index in [2.05, 4.69) is 5.32 Å². The monoisotopic (exact) mass is 411 g/mol. The van der Waals surface area contributed by atoms with Crippen LogP contribution in [-0.4, -0.2) is 46.1 Å². The van der Waals surface area contributed by atoms with Gasteiger partial charge in [0.1, 0.15) is 17.9 Å². The normalized spacial score (nSPS) is 23.3. The van der Waals surface area contributed by atoms with Crippen LogP contribution in [-0.2, 0) is 14.4 Å². The van der Waals surface area contributed by atoms with Crippen LogP contribution < -0.4 is 5.32 Å². The number of nitrogens with one attached hydrogen (secondary N) is 1. The Labute approximate surface area is 174 Å². The number of benzene rings is 1. The minimum atomic E-state index is -0.940. The van der Waals surface area contributed by atoms with Gasteiger partial charge in [-0.05, 0) is 37.8 Å². The molecule has 1 aromatic heterocycles. The van der Waals surface area contributed by atoms with Crippen molar-refractivity contribution in [2.24, 2.45) is 5.92 Å². The Bertz CT molecular complexity index is 980. The molecule has 1 aliphatic carbocycles. The van der Waals surface area contributed by atoms with Gasteiger partial charge in [-0.1, -0.05) is 38.0 Å². The molecule has 0 spiro atoms. The first-order chi connectivity index (χ1) is 14.4. The zero-order valence-electron chi connectivity index (χ0n) is 17.1. The maximum absolute atomic E-state index is 12.8. The number of carbonyl (C=O) groups is 4. The van der Waals surface area contributed by atoms with Gasteiger partial charge < -0.3 is 9.73 Å². The molecular weight excluding hydrogens is 386 g/mol. The summed E-state index contributed by atoms with van der Waals surface area (Å²) < 4.78 is 5.74. The third kappa shape index (κ3) is 3.58. The molecule has 0 bridgehead atoms. The summed E-state index contributed by atoms with van der Waals surface area (Å²) in [5.74, 6) is -1.60. The third-order valence-corrected chi connectivity index (χ3v) is 6.03. The van der Waals surface area contributed by atoms with Crippen molar-refractivity contribution in [2.45, 2.75) is 51.6 Å². The maximum atomic E-state index is 12.8. The second-order valence-electron chi connectivity index (χ2n) is 8.15. The van der Waals surface area contributed by atoms with Crippen LogP contribution in [0.25, 0.3) is 11.0 Å². The molecule has 1 N–H and O–H groups in total. The highest BCUT2D eigenvalue weighted by Gasteiger charge is 2.49. The van der Waals surface area contributed by atoms with E-state index in [4.69, 9.17) is 4.42 Å². The Balaban J connectivity index is 1.42. The molecule has 3 atom stereocenters. The molecule has 0 radical (unpaired) electrons. The van der Waals surface area contributed by atoms with Crippen LogP contribution in [0.2, 0.25) is 0 Å². The van der Waals surface area contributed by atoms with E-state index in [0.717, 1.165) is 34.4 Å². The molecule has 1 aliphatic heterocycles. The van der Waals surface area contributed by atoms with Gasteiger partial charge in [-0.25, -0.2) is 9.69 Å². The fourth-order valence-corrected chi connectivity index (χ4v) is 4.35. The van der Waals surface area contributed by atoms with Crippen LogP contribution >= 0.6 is 0 Å². The highest BCUT2D eigenvalue weighted by molar-refractivity contribution is 6.45. The molecule has 1 aromatic carbocycles. The molecule has 8 heteroatoms. The second kappa shape index (κ2) is 7.93. The highest BCUT2D eigenvalue weighted by Crippen LogP contribution is 2.31. The van der Waals surface area contributed by atoms with Gasteiger partial charge in [0.25, 0.3) is 0 Å². The molecular formula is C22H25N3O5. The van der Waals surface area contributed by atoms with Gasteiger partial charge in [-0.3, -0.25) is 19.3 Å². The predicted octanol–water partition coefficient (Wildman–Crippen LogP) is 2.98. The molecule has 2 aliphatic rings. The van der Waals surface area contributed by atoms with Crippen LogP contribution in [0.5, 0.6) is 0 Å². The molecule has 2 fully saturated rings. The standard InChI is InChI=1S/C22H25N3O5/c1-13-7-3-5-9-16(13)25-21(28)20(27)24(22(25)29)12-19(26)23-14(2)18-11-15-8-4-6-10-17(15)30-18/h4,6,8,10-11,13-14,16H,3,5,7,9,12H2,1-2H3,(H,23,26)/t13-,14+,16+/m1/s1. The number of carbonyl (C=O) groups excluding carboxylic acids is 4. The molecule has 8 nitrogen and oxygen atoms in total. The van der Waals surface area contributed by atoms with E-state index < -0.39 is 36.3 Å². The van der Waals surface area contributed by atoms with Gasteiger partial charge in [0.2, 0.25) is 5.91 Å². The Morgan fingerprint density at radius 2 is 1.90 bits per heavy atom. The number of hydrogen-bond donors (Lipinski definition) is 1. The van der Waals surface area contributed by atoms with Gasteiger partial charge in [-0.15, -0.1) is 0 Å². The number of nitrogens with zero attached hydrogens (tertiary/aromatic N) is 2. The van der Waals surface area contributed by atoms with Crippen molar-refractivity contribution in [3.63, 3.8) is 0 Å². The summed E-state index contributed by atoms with van der Waals surface area (Å²) in [4.78, 5) is 52.0. The SMILES string of the molecule is C[C@H](NC(=O)CN1C(=O)C(=O)N([C@H]2CCCC[C@H]2C)C1=O)c1cc2ccccc2o1. The van der Waals surface area contributed by atoms with Crippen molar-refractivity contribution in [3.05, 3.63) is 36.1 Å². The molecule has 5 amide bonds. The predicted molar refractivity (Wildman–Crippen MR) is 108 cm³/mol. The molecule has 1 saturated carbocycles. The number of hydrogen-bond acceptors (Lipinski definition) is 5. The number of furan rings is 1. The van der Waals surface area contributed by atoms with Crippen molar-refractivity contribution in [3.8, 4) is 0 Å². The Morgan fingerprint density at radius 3 is 2.63 bits per heavy atom. The number of amides is 5. The summed E-state index contributed by atoms with van der Waals surface area (Å²) in [6.45, 7) is 3.25. The lowest BCUT2D eigenvalue weighted by atomic mass is 9.85. The summed E-state index contributed by atoms with van der Waals surface area (Å²) in [7, 11) is 0. The number of rotatable bonds is 5. The average molecular weight is 411 g/mol. The first-order valence-electron chi connectivity index (χ1n) is 10.3. The number of para-hydroxylation sites is 1. The van der Waals surface area contributed by atoms with Crippen molar-refractivity contribution in [1.29, 1.82) is 0 Å². The first-order valence-corrected chi connectivity index (χ1v) is 10.3. The molecule has 4 rings (SSSR count). The largest absolute Gasteiger partial charge is 0.459 e. The highest BCUT2D eigenvalue weighted by atomic mass is 16.3. The van der Waals surface area contributed by atoms with Gasteiger partial charge in [0.15, 0.2) is 0 Å². The fraction of sp³-hybridized carbons (Fsp3) is 0.455. The summed E-state index contributed by atoms with van der Waals surface area (Å²) in [5, 5.41) is 3.65. The molecule has 1 saturated heterocycles. The van der Waals surface area contributed by atoms with Crippen LogP contribution in [0.3, 0.4) is 0 Å². The summed E-state index contributed by atoms with van der Waals surface area (Å²) in [6.07, 6.45) is 3.56. The van der Waals surface area contributed by atoms with E-state index in [1.165, 1.54) is 0 Å². The quantitative estimate of drug-likeness (QED) is 0.602. The van der Waals surface area contributed by atoms with E-state index in [9.17, 15) is 19.2 Å². The molecule has 2 heterocycles. The first kappa shape index (κ1) is 20.1. The van der Waals surface area contributed by atoms with Crippen molar-refractivity contribution < 1.29 is 23.6 Å². The van der Waals surface area contributed by atoms with E-state index in [0.29, 0.717) is 17.8 Å². The topological polar surface area (TPSA) is 99.9 Å². The minimum Gasteiger partial charge on any atom is -0.459 e. The van der Waals surface area contributed by atoms with Crippen molar-refractivity contribution in [1.82, 2.24) is 15.1 Å². The van der Waals surface area contributed by atoms with Gasteiger partial charge in [0.05, 0.1) is 6.04 Å². The smallest absolute Gasteiger partial charge is 0.334 e. The van der Waals surface area contributed by atoms with Crippen LogP contribution in [0.1, 0.15) is 51.3 Å². The van der Waals surface area contributed by atoms with E-state index >= 15 is 0 Å². The Morgan fingerprint density at radius 1 is 1.17 bits per heavy atom. The van der Waals surface area contributed by atoms with Gasteiger partial charge in [-0.2, -0.15) is 0 Å². The average Bonchev–Trinajstić information content (AvgIpc) is 3.24. The van der Waals surface area contributed by atoms with E-state index in [1.54, 1.807) is 6.92 Å². The minimum absolute atomic E-state index is 0.140. The van der Waals surface area contributed by atoms with E-state index in [-0.39, 0.29) is 12.0 Å². The van der Waals surface area contributed by atoms with Crippen LogP contribution in [0.4, 0.5) is 4.79 Å². The third-order valence-electron chi connectivity index (χ3n) is 6.03. The van der Waals surface area contributed by atoms with E-state index in [1.807, 2.05) is 37.3 Å².